The summed E-state index contributed by atoms with van der Waals surface area (Å²) in [6.45, 7) is 5.42. The number of ether oxygens (including phenoxy) is 1. The topological polar surface area (TPSA) is 56.3 Å². The maximum Gasteiger partial charge on any atom is 0.228 e. The normalized spacial score (nSPS) is 14.4. The molecular weight excluding hydrogens is 372 g/mol. The molecule has 2 aromatic heterocycles. The van der Waals surface area contributed by atoms with Gasteiger partial charge in [-0.05, 0) is 56.0 Å². The molecule has 0 unspecified atom stereocenters. The highest BCUT2D eigenvalue weighted by molar-refractivity contribution is 7.99. The Hall–Kier alpha value is -2.41. The van der Waals surface area contributed by atoms with Gasteiger partial charge in [0.1, 0.15) is 11.5 Å². The molecule has 1 aliphatic rings. The van der Waals surface area contributed by atoms with Gasteiger partial charge in [-0.15, -0.1) is 10.2 Å². The van der Waals surface area contributed by atoms with Gasteiger partial charge in [-0.25, -0.2) is 0 Å². The van der Waals surface area contributed by atoms with Gasteiger partial charge in [-0.3, -0.25) is 4.57 Å². The molecule has 1 aliphatic heterocycles. The maximum atomic E-state index is 5.87. The minimum atomic E-state index is 0.626. The molecule has 0 aliphatic carbocycles. The third kappa shape index (κ3) is 4.70. The molecule has 1 fully saturated rings. The third-order valence-electron chi connectivity index (χ3n) is 4.80. The summed E-state index contributed by atoms with van der Waals surface area (Å²) in [5, 5.41) is 9.88. The van der Waals surface area contributed by atoms with Gasteiger partial charge in [0.05, 0.1) is 19.4 Å². The summed E-state index contributed by atoms with van der Waals surface area (Å²) < 4.78 is 13.6. The van der Waals surface area contributed by atoms with Crippen LogP contribution in [0.4, 0.5) is 5.95 Å². The van der Waals surface area contributed by atoms with Crippen molar-refractivity contribution in [2.24, 2.45) is 0 Å². The number of rotatable bonds is 8. The zero-order valence-electron chi connectivity index (χ0n) is 16.2. The number of nitrogens with zero attached hydrogens (tertiary/aromatic N) is 4. The average Bonchev–Trinajstić information content (AvgIpc) is 3.37. The van der Waals surface area contributed by atoms with Crippen molar-refractivity contribution in [3.8, 4) is 5.75 Å². The van der Waals surface area contributed by atoms with E-state index in [1.165, 1.54) is 24.8 Å². The van der Waals surface area contributed by atoms with Crippen molar-refractivity contribution < 1.29 is 9.15 Å². The fourth-order valence-corrected chi connectivity index (χ4v) is 4.16. The van der Waals surface area contributed by atoms with Crippen LogP contribution in [0.25, 0.3) is 0 Å². The van der Waals surface area contributed by atoms with Crippen LogP contribution in [-0.4, -0.2) is 40.2 Å². The van der Waals surface area contributed by atoms with Crippen LogP contribution >= 0.6 is 11.8 Å². The first-order chi connectivity index (χ1) is 13.8. The van der Waals surface area contributed by atoms with Crippen LogP contribution in [0.15, 0.2) is 52.2 Å². The van der Waals surface area contributed by atoms with Crippen LogP contribution in [0, 0.1) is 6.92 Å². The molecule has 148 valence electrons. The first kappa shape index (κ1) is 18.9. The highest BCUT2D eigenvalue weighted by Gasteiger charge is 2.21. The predicted molar refractivity (Wildman–Crippen MR) is 111 cm³/mol. The first-order valence-electron chi connectivity index (χ1n) is 9.82. The van der Waals surface area contributed by atoms with E-state index in [0.29, 0.717) is 13.2 Å². The number of hydrogen-bond donors (Lipinski definition) is 0. The van der Waals surface area contributed by atoms with Crippen LogP contribution in [0.3, 0.4) is 0 Å². The smallest absolute Gasteiger partial charge is 0.228 e. The zero-order chi connectivity index (χ0) is 19.2. The molecule has 1 aromatic carbocycles. The maximum absolute atomic E-state index is 5.87. The third-order valence-corrected chi connectivity index (χ3v) is 5.73. The molecule has 1 saturated heterocycles. The molecule has 6 nitrogen and oxygen atoms in total. The van der Waals surface area contributed by atoms with Gasteiger partial charge in [-0.1, -0.05) is 23.9 Å². The molecule has 7 heteroatoms. The number of piperidine rings is 1. The van der Waals surface area contributed by atoms with Gasteiger partial charge >= 0.3 is 0 Å². The van der Waals surface area contributed by atoms with Crippen molar-refractivity contribution in [2.75, 3.05) is 30.3 Å². The standard InChI is InChI=1S/C21H26N4O2S/c1-17-7-5-8-18(15-17)27-13-14-28-21-23-22-20(24-10-3-2-4-11-24)25(21)16-19-9-6-12-26-19/h5-9,12,15H,2-4,10-11,13-14,16H2,1H3. The van der Waals surface area contributed by atoms with Crippen LogP contribution < -0.4 is 9.64 Å². The van der Waals surface area contributed by atoms with E-state index < -0.39 is 0 Å². The van der Waals surface area contributed by atoms with Gasteiger partial charge in [0.2, 0.25) is 5.95 Å². The van der Waals surface area contributed by atoms with Crippen LogP contribution in [0.1, 0.15) is 30.6 Å². The summed E-state index contributed by atoms with van der Waals surface area (Å²) in [7, 11) is 0. The lowest BCUT2D eigenvalue weighted by atomic mass is 10.1. The Morgan fingerprint density at radius 3 is 2.79 bits per heavy atom. The van der Waals surface area contributed by atoms with Crippen LogP contribution in [0.5, 0.6) is 5.75 Å². The second kappa shape index (κ2) is 9.19. The van der Waals surface area contributed by atoms with Gasteiger partial charge < -0.3 is 14.1 Å². The number of benzene rings is 1. The highest BCUT2D eigenvalue weighted by atomic mass is 32.2. The number of thioether (sulfide) groups is 1. The van der Waals surface area contributed by atoms with Crippen LogP contribution in [-0.2, 0) is 6.54 Å². The van der Waals surface area contributed by atoms with Crippen molar-refractivity contribution in [2.45, 2.75) is 37.9 Å². The van der Waals surface area contributed by atoms with E-state index in [1.54, 1.807) is 18.0 Å². The monoisotopic (exact) mass is 398 g/mol. The summed E-state index contributed by atoms with van der Waals surface area (Å²) in [4.78, 5) is 2.34. The van der Waals surface area contributed by atoms with Crippen molar-refractivity contribution in [1.29, 1.82) is 0 Å². The van der Waals surface area contributed by atoms with Gasteiger partial charge in [0.15, 0.2) is 5.16 Å². The molecule has 4 rings (SSSR count). The fraction of sp³-hybridized carbons (Fsp3) is 0.429. The largest absolute Gasteiger partial charge is 0.493 e. The molecule has 3 aromatic rings. The summed E-state index contributed by atoms with van der Waals surface area (Å²) in [6.07, 6.45) is 5.42. The van der Waals surface area contributed by atoms with Crippen molar-refractivity contribution >= 4 is 17.7 Å². The molecule has 0 radical (unpaired) electrons. The van der Waals surface area contributed by atoms with Crippen molar-refractivity contribution in [1.82, 2.24) is 14.8 Å². The van der Waals surface area contributed by atoms with Gasteiger partial charge in [0, 0.05) is 18.8 Å². The number of aromatic nitrogens is 3. The number of anilines is 1. The second-order valence-electron chi connectivity index (χ2n) is 7.01. The fourth-order valence-electron chi connectivity index (χ4n) is 3.41. The number of aryl methyl sites for hydroxylation is 1. The van der Waals surface area contributed by atoms with Crippen LogP contribution in [0.2, 0.25) is 0 Å². The molecule has 3 heterocycles. The Bertz CT molecular complexity index is 872. The molecule has 28 heavy (non-hydrogen) atoms. The van der Waals surface area contributed by atoms with Gasteiger partial charge in [0.25, 0.3) is 0 Å². The highest BCUT2D eigenvalue weighted by Crippen LogP contribution is 2.26. The first-order valence-corrected chi connectivity index (χ1v) is 10.8. The lowest BCUT2D eigenvalue weighted by Gasteiger charge is -2.27. The lowest BCUT2D eigenvalue weighted by molar-refractivity contribution is 0.343. The Morgan fingerprint density at radius 1 is 1.11 bits per heavy atom. The summed E-state index contributed by atoms with van der Waals surface area (Å²) in [5.74, 6) is 3.57. The minimum absolute atomic E-state index is 0.626. The lowest BCUT2D eigenvalue weighted by Crippen LogP contribution is -2.32. The Kier molecular flexibility index (Phi) is 6.21. The summed E-state index contributed by atoms with van der Waals surface area (Å²) >= 11 is 1.67. The van der Waals surface area contributed by atoms with E-state index in [0.717, 1.165) is 41.5 Å². The number of hydrogen-bond acceptors (Lipinski definition) is 6. The van der Waals surface area contributed by atoms with Gasteiger partial charge in [-0.2, -0.15) is 0 Å². The second-order valence-corrected chi connectivity index (χ2v) is 8.07. The predicted octanol–water partition coefficient (Wildman–Crippen LogP) is 4.39. The quantitative estimate of drug-likeness (QED) is 0.414. The van der Waals surface area contributed by atoms with E-state index in [1.807, 2.05) is 24.3 Å². The summed E-state index contributed by atoms with van der Waals surface area (Å²) in [6, 6.07) is 12.0. The van der Waals surface area contributed by atoms with Crippen molar-refractivity contribution in [3.05, 3.63) is 54.0 Å². The molecule has 0 bridgehead atoms. The Balaban J connectivity index is 1.42. The Morgan fingerprint density at radius 2 is 2.00 bits per heavy atom. The zero-order valence-corrected chi connectivity index (χ0v) is 17.0. The molecule has 0 N–H and O–H groups in total. The average molecular weight is 399 g/mol. The van der Waals surface area contributed by atoms with E-state index in [2.05, 4.69) is 38.7 Å². The minimum Gasteiger partial charge on any atom is -0.493 e. The molecular formula is C21H26N4O2S. The van der Waals surface area contributed by atoms with E-state index in [4.69, 9.17) is 9.15 Å². The molecule has 0 saturated carbocycles. The SMILES string of the molecule is Cc1cccc(OCCSc2nnc(N3CCCCC3)n2Cc2ccco2)c1. The van der Waals surface area contributed by atoms with E-state index in [9.17, 15) is 0 Å². The molecule has 0 atom stereocenters. The van der Waals surface area contributed by atoms with E-state index >= 15 is 0 Å². The summed E-state index contributed by atoms with van der Waals surface area (Å²) in [5.41, 5.74) is 1.20. The molecule has 0 spiro atoms. The van der Waals surface area contributed by atoms with E-state index in [-0.39, 0.29) is 0 Å². The van der Waals surface area contributed by atoms with Crippen molar-refractivity contribution in [3.63, 3.8) is 0 Å². The Labute approximate surface area is 169 Å². The molecule has 0 amide bonds. The number of furan rings is 1.